The van der Waals surface area contributed by atoms with Crippen molar-refractivity contribution >= 4 is 0 Å². The van der Waals surface area contributed by atoms with Crippen LogP contribution in [0.1, 0.15) is 79.1 Å². The molecule has 2 aliphatic carbocycles. The second-order valence-electron chi connectivity index (χ2n) is 7.91. The van der Waals surface area contributed by atoms with Gasteiger partial charge in [0.15, 0.2) is 0 Å². The van der Waals surface area contributed by atoms with Gasteiger partial charge in [0.2, 0.25) is 0 Å². The molecule has 2 aromatic rings. The Morgan fingerprint density at radius 1 is 0.963 bits per heavy atom. The number of rotatable bonds is 7. The first kappa shape index (κ1) is 20.0. The summed E-state index contributed by atoms with van der Waals surface area (Å²) in [5, 5.41) is 3.74. The van der Waals surface area contributed by atoms with Crippen LogP contribution in [0.5, 0.6) is 0 Å². The minimum absolute atomic E-state index is 0. The smallest absolute Gasteiger partial charge is 0.0605 e. The molecule has 2 aliphatic rings. The van der Waals surface area contributed by atoms with Crippen molar-refractivity contribution in [3.8, 4) is 0 Å². The molecule has 0 aliphatic heterocycles. The fourth-order valence-electron chi connectivity index (χ4n) is 4.49. The lowest BCUT2D eigenvalue weighted by Gasteiger charge is -2.25. The van der Waals surface area contributed by atoms with Crippen LogP contribution in [0, 0.1) is 0 Å². The first-order valence-electron chi connectivity index (χ1n) is 10.5. The molecular formula is C23H34N4. The molecule has 0 saturated carbocycles. The molecule has 0 saturated heterocycles. The van der Waals surface area contributed by atoms with Crippen molar-refractivity contribution in [2.75, 3.05) is 6.54 Å². The minimum atomic E-state index is 0. The fraction of sp³-hybridized carbons (Fsp3) is 0.565. The topological polar surface area (TPSA) is 72.8 Å². The molecule has 0 radical (unpaired) electrons. The molecule has 1 unspecified atom stereocenters. The molecule has 27 heavy (non-hydrogen) atoms. The van der Waals surface area contributed by atoms with E-state index in [1.807, 2.05) is 6.20 Å². The first-order chi connectivity index (χ1) is 12.9. The predicted molar refractivity (Wildman–Crippen MR) is 111 cm³/mol. The highest BCUT2D eigenvalue weighted by molar-refractivity contribution is 5.27. The molecule has 1 atom stereocenters. The highest BCUT2D eigenvalue weighted by atomic mass is 14.9. The van der Waals surface area contributed by atoms with Crippen molar-refractivity contribution in [3.63, 3.8) is 0 Å². The molecule has 0 fully saturated rings. The van der Waals surface area contributed by atoms with Crippen LogP contribution < -0.4 is 11.5 Å². The van der Waals surface area contributed by atoms with E-state index in [9.17, 15) is 0 Å². The Morgan fingerprint density at radius 3 is 2.81 bits per heavy atom. The number of fused-ring (bicyclic) bond motifs is 2. The van der Waals surface area contributed by atoms with Crippen LogP contribution in [0.15, 0.2) is 30.6 Å². The Balaban J connectivity index is 0.00000210. The van der Waals surface area contributed by atoms with E-state index in [-0.39, 0.29) is 6.15 Å². The number of nitrogens with zero attached hydrogens (tertiary/aromatic N) is 2. The Bertz CT molecular complexity index is 728. The van der Waals surface area contributed by atoms with Gasteiger partial charge < -0.3 is 11.5 Å². The number of pyridine rings is 2. The van der Waals surface area contributed by atoms with Crippen LogP contribution in [0.25, 0.3) is 0 Å². The summed E-state index contributed by atoms with van der Waals surface area (Å²) >= 11 is 0. The van der Waals surface area contributed by atoms with E-state index < -0.39 is 0 Å². The van der Waals surface area contributed by atoms with Gasteiger partial charge in [-0.3, -0.25) is 9.97 Å². The van der Waals surface area contributed by atoms with Crippen LogP contribution >= 0.6 is 0 Å². The highest BCUT2D eigenvalue weighted by Crippen LogP contribution is 2.27. The summed E-state index contributed by atoms with van der Waals surface area (Å²) in [6.07, 6.45) is 17.8. The summed E-state index contributed by atoms with van der Waals surface area (Å²) in [4.78, 5) is 9.32. The van der Waals surface area contributed by atoms with Gasteiger partial charge in [-0.2, -0.15) is 0 Å². The third-order valence-electron chi connectivity index (χ3n) is 5.95. The zero-order valence-electron chi connectivity index (χ0n) is 16.6. The molecule has 0 bridgehead atoms. The first-order valence-corrected chi connectivity index (χ1v) is 10.5. The van der Waals surface area contributed by atoms with E-state index in [0.717, 1.165) is 6.54 Å². The van der Waals surface area contributed by atoms with Gasteiger partial charge in [0.1, 0.15) is 0 Å². The Hall–Kier alpha value is -1.78. The van der Waals surface area contributed by atoms with E-state index in [1.54, 1.807) is 0 Å². The maximum absolute atomic E-state index is 4.70. The van der Waals surface area contributed by atoms with Crippen molar-refractivity contribution in [2.45, 2.75) is 76.7 Å². The maximum atomic E-state index is 4.70. The third-order valence-corrected chi connectivity index (χ3v) is 5.95. The number of hydrogen-bond donors (Lipinski definition) is 2. The molecule has 0 spiro atoms. The zero-order chi connectivity index (χ0) is 17.6. The van der Waals surface area contributed by atoms with Crippen molar-refractivity contribution < 1.29 is 0 Å². The molecule has 0 amide bonds. The molecular weight excluding hydrogens is 332 g/mol. The summed E-state index contributed by atoms with van der Waals surface area (Å²) < 4.78 is 0. The van der Waals surface area contributed by atoms with Gasteiger partial charge in [-0.15, -0.1) is 0 Å². The quantitative estimate of drug-likeness (QED) is 0.684. The third kappa shape index (κ3) is 5.14. The van der Waals surface area contributed by atoms with E-state index >= 15 is 0 Å². The van der Waals surface area contributed by atoms with Gasteiger partial charge in [-0.1, -0.05) is 18.6 Å². The van der Waals surface area contributed by atoms with Crippen molar-refractivity contribution in [2.24, 2.45) is 0 Å². The molecule has 4 heteroatoms. The number of aryl methyl sites for hydroxylation is 4. The second-order valence-corrected chi connectivity index (χ2v) is 7.91. The largest absolute Gasteiger partial charge is 0.344 e. The lowest BCUT2D eigenvalue weighted by atomic mass is 9.92. The molecule has 2 aromatic heterocycles. The summed E-state index contributed by atoms with van der Waals surface area (Å²) in [6.45, 7) is 1.10. The monoisotopic (exact) mass is 366 g/mol. The second kappa shape index (κ2) is 9.95. The summed E-state index contributed by atoms with van der Waals surface area (Å²) in [5.74, 6) is 0. The van der Waals surface area contributed by atoms with E-state index in [4.69, 9.17) is 4.98 Å². The normalized spacial score (nSPS) is 18.3. The summed E-state index contributed by atoms with van der Waals surface area (Å²) in [7, 11) is 0. The Morgan fingerprint density at radius 2 is 1.85 bits per heavy atom. The van der Waals surface area contributed by atoms with Crippen molar-refractivity contribution in [1.82, 2.24) is 21.4 Å². The number of hydrogen-bond acceptors (Lipinski definition) is 4. The van der Waals surface area contributed by atoms with Gasteiger partial charge in [-0.25, -0.2) is 0 Å². The Labute approximate surface area is 163 Å². The molecule has 146 valence electrons. The van der Waals surface area contributed by atoms with Crippen molar-refractivity contribution in [1.29, 1.82) is 0 Å². The van der Waals surface area contributed by atoms with Crippen LogP contribution in [0.3, 0.4) is 0 Å². The van der Waals surface area contributed by atoms with E-state index in [1.165, 1.54) is 98.7 Å². The van der Waals surface area contributed by atoms with Crippen LogP contribution in [-0.2, 0) is 25.7 Å². The number of nitrogens with one attached hydrogen (secondary N) is 1. The fourth-order valence-corrected chi connectivity index (χ4v) is 4.49. The summed E-state index contributed by atoms with van der Waals surface area (Å²) in [6, 6.07) is 7.19. The van der Waals surface area contributed by atoms with Crippen LogP contribution in [0.4, 0.5) is 0 Å². The van der Waals surface area contributed by atoms with Gasteiger partial charge in [-0.05, 0) is 93.5 Å². The van der Waals surface area contributed by atoms with E-state index in [2.05, 4.69) is 34.7 Å². The van der Waals surface area contributed by atoms with Gasteiger partial charge in [0, 0.05) is 24.1 Å². The standard InChI is InChI=1S/C23H31N3.H3N/c1(2-8-18-16-20-9-3-4-12-21(20)26-17-18)5-14-24-22-13-6-10-19-11-7-15-25-23(19)22;/h7,11,15-17,22,24H,1-6,8-10,12-14H2;1H3. The maximum Gasteiger partial charge on any atom is 0.0605 e. The van der Waals surface area contributed by atoms with Gasteiger partial charge in [0.25, 0.3) is 0 Å². The zero-order valence-corrected chi connectivity index (χ0v) is 16.6. The van der Waals surface area contributed by atoms with Crippen molar-refractivity contribution in [3.05, 3.63) is 58.7 Å². The molecule has 4 N–H and O–H groups in total. The van der Waals surface area contributed by atoms with Crippen LogP contribution in [-0.4, -0.2) is 16.5 Å². The average molecular weight is 367 g/mol. The SMILES string of the molecule is N.c1cnc2c(c1)CCCC2NCCCCCc1cnc2c(c1)CCCC2. The minimum Gasteiger partial charge on any atom is -0.344 e. The van der Waals surface area contributed by atoms with Gasteiger partial charge >= 0.3 is 0 Å². The predicted octanol–water partition coefficient (Wildman–Crippen LogP) is 4.90. The Kier molecular flexibility index (Phi) is 7.36. The highest BCUT2D eigenvalue weighted by Gasteiger charge is 2.20. The average Bonchev–Trinajstić information content (AvgIpc) is 2.70. The molecule has 4 rings (SSSR count). The molecule has 0 aromatic carbocycles. The lowest BCUT2D eigenvalue weighted by molar-refractivity contribution is 0.440. The molecule has 4 nitrogen and oxygen atoms in total. The summed E-state index contributed by atoms with van der Waals surface area (Å²) in [5.41, 5.74) is 7.03. The van der Waals surface area contributed by atoms with Crippen LogP contribution in [0.2, 0.25) is 0 Å². The van der Waals surface area contributed by atoms with Gasteiger partial charge in [0.05, 0.1) is 5.69 Å². The van der Waals surface area contributed by atoms with E-state index in [0.29, 0.717) is 6.04 Å². The number of aromatic nitrogens is 2. The lowest BCUT2D eigenvalue weighted by Crippen LogP contribution is -2.27. The molecule has 2 heterocycles. The number of unbranched alkanes of at least 4 members (excludes halogenated alkanes) is 2.